The van der Waals surface area contributed by atoms with Gasteiger partial charge in [0.05, 0.1) is 5.56 Å². The molecule has 1 aliphatic rings. The van der Waals surface area contributed by atoms with Crippen LogP contribution in [0.5, 0.6) is 0 Å². The molecule has 8 heteroatoms. The molecule has 0 bridgehead atoms. The number of halogens is 3. The lowest BCUT2D eigenvalue weighted by molar-refractivity contribution is -0.137. The van der Waals surface area contributed by atoms with E-state index in [-0.39, 0.29) is 5.95 Å². The number of hydrogen-bond acceptors (Lipinski definition) is 5. The van der Waals surface area contributed by atoms with Gasteiger partial charge in [0.15, 0.2) is 0 Å². The van der Waals surface area contributed by atoms with Gasteiger partial charge in [-0.2, -0.15) is 18.2 Å². The largest absolute Gasteiger partial charge is 0.416 e. The van der Waals surface area contributed by atoms with Crippen LogP contribution in [0.4, 0.5) is 30.6 Å². The topological polar surface area (TPSA) is 44.3 Å². The minimum absolute atomic E-state index is 0.283. The zero-order valence-electron chi connectivity index (χ0n) is 13.2. The Morgan fingerprint density at radius 2 is 1.83 bits per heavy atom. The molecular weight excluding hydrogens is 319 g/mol. The number of nitrogens with one attached hydrogen (secondary N) is 1. The Morgan fingerprint density at radius 3 is 2.54 bits per heavy atom. The van der Waals surface area contributed by atoms with Crippen molar-refractivity contribution in [3.8, 4) is 0 Å². The van der Waals surface area contributed by atoms with Crippen molar-refractivity contribution in [2.75, 3.05) is 43.4 Å². The highest BCUT2D eigenvalue weighted by Crippen LogP contribution is 2.31. The number of anilines is 3. The predicted octanol–water partition coefficient (Wildman–Crippen LogP) is 2.99. The lowest BCUT2D eigenvalue weighted by atomic mass is 10.2. The minimum Gasteiger partial charge on any atom is -0.354 e. The number of hydrogen-bond donors (Lipinski definition) is 1. The maximum Gasteiger partial charge on any atom is 0.416 e. The first-order valence-electron chi connectivity index (χ1n) is 7.63. The summed E-state index contributed by atoms with van der Waals surface area (Å²) in [6.45, 7) is 3.60. The van der Waals surface area contributed by atoms with Crippen molar-refractivity contribution in [2.45, 2.75) is 6.18 Å². The smallest absolute Gasteiger partial charge is 0.354 e. The normalized spacial score (nSPS) is 16.2. The third-order valence-electron chi connectivity index (χ3n) is 3.91. The SMILES string of the molecule is CN1CCN(c2ccnc(Nc3cccc(C(F)(F)F)c3)n2)CC1. The summed E-state index contributed by atoms with van der Waals surface area (Å²) < 4.78 is 38.3. The summed E-state index contributed by atoms with van der Waals surface area (Å²) in [7, 11) is 2.07. The number of alkyl halides is 3. The van der Waals surface area contributed by atoms with Gasteiger partial charge >= 0.3 is 6.18 Å². The summed E-state index contributed by atoms with van der Waals surface area (Å²) in [6, 6.07) is 6.80. The molecule has 0 aliphatic carbocycles. The molecule has 2 aromatic rings. The Bertz CT molecular complexity index is 696. The second-order valence-corrected chi connectivity index (χ2v) is 5.73. The molecule has 128 valence electrons. The van der Waals surface area contributed by atoms with E-state index in [1.807, 2.05) is 6.07 Å². The quantitative estimate of drug-likeness (QED) is 0.933. The van der Waals surface area contributed by atoms with E-state index in [0.717, 1.165) is 44.1 Å². The van der Waals surface area contributed by atoms with Crippen LogP contribution >= 0.6 is 0 Å². The molecule has 0 amide bonds. The zero-order chi connectivity index (χ0) is 17.2. The Hall–Kier alpha value is -2.35. The third-order valence-corrected chi connectivity index (χ3v) is 3.91. The zero-order valence-corrected chi connectivity index (χ0v) is 13.2. The van der Waals surface area contributed by atoms with Crippen LogP contribution in [0.3, 0.4) is 0 Å². The monoisotopic (exact) mass is 337 g/mol. The van der Waals surface area contributed by atoms with Gasteiger partial charge in [0.25, 0.3) is 0 Å². The van der Waals surface area contributed by atoms with Gasteiger partial charge in [-0.3, -0.25) is 0 Å². The van der Waals surface area contributed by atoms with Gasteiger partial charge in [0, 0.05) is 38.1 Å². The van der Waals surface area contributed by atoms with Gasteiger partial charge in [-0.25, -0.2) is 4.98 Å². The van der Waals surface area contributed by atoms with Crippen LogP contribution in [0.15, 0.2) is 36.5 Å². The Morgan fingerprint density at radius 1 is 1.08 bits per heavy atom. The fourth-order valence-corrected chi connectivity index (χ4v) is 2.52. The van der Waals surface area contributed by atoms with Gasteiger partial charge in [-0.15, -0.1) is 0 Å². The van der Waals surface area contributed by atoms with Crippen LogP contribution < -0.4 is 10.2 Å². The first-order chi connectivity index (χ1) is 11.4. The van der Waals surface area contributed by atoms with Crippen LogP contribution in [-0.2, 0) is 6.18 Å². The van der Waals surface area contributed by atoms with Gasteiger partial charge in [0.1, 0.15) is 5.82 Å². The number of benzene rings is 1. The molecule has 24 heavy (non-hydrogen) atoms. The van der Waals surface area contributed by atoms with E-state index in [9.17, 15) is 13.2 Å². The summed E-state index contributed by atoms with van der Waals surface area (Å²) in [6.07, 6.45) is -2.77. The lowest BCUT2D eigenvalue weighted by Gasteiger charge is -2.33. The van der Waals surface area contributed by atoms with E-state index >= 15 is 0 Å². The number of piperazine rings is 1. The molecule has 0 saturated carbocycles. The van der Waals surface area contributed by atoms with Crippen LogP contribution in [0.25, 0.3) is 0 Å². The molecule has 2 heterocycles. The molecule has 0 unspecified atom stereocenters. The fraction of sp³-hybridized carbons (Fsp3) is 0.375. The lowest BCUT2D eigenvalue weighted by Crippen LogP contribution is -2.44. The van der Waals surface area contributed by atoms with Crippen molar-refractivity contribution < 1.29 is 13.2 Å². The summed E-state index contributed by atoms with van der Waals surface area (Å²) >= 11 is 0. The second kappa shape index (κ2) is 6.64. The van der Waals surface area contributed by atoms with E-state index in [0.29, 0.717) is 5.69 Å². The summed E-state index contributed by atoms with van der Waals surface area (Å²) in [5.41, 5.74) is -0.400. The van der Waals surface area contributed by atoms with Gasteiger partial charge < -0.3 is 15.1 Å². The number of rotatable bonds is 3. The molecule has 1 aromatic carbocycles. The van der Waals surface area contributed by atoms with E-state index in [2.05, 4.69) is 32.1 Å². The van der Waals surface area contributed by atoms with Crippen molar-refractivity contribution in [1.29, 1.82) is 0 Å². The van der Waals surface area contributed by atoms with E-state index < -0.39 is 11.7 Å². The minimum atomic E-state index is -4.37. The van der Waals surface area contributed by atoms with Crippen molar-refractivity contribution in [3.63, 3.8) is 0 Å². The van der Waals surface area contributed by atoms with E-state index in [1.54, 1.807) is 12.3 Å². The number of aromatic nitrogens is 2. The molecule has 1 aromatic heterocycles. The average Bonchev–Trinajstić information content (AvgIpc) is 2.55. The summed E-state index contributed by atoms with van der Waals surface area (Å²) in [4.78, 5) is 12.9. The summed E-state index contributed by atoms with van der Waals surface area (Å²) in [5.74, 6) is 1.05. The molecule has 1 saturated heterocycles. The highest BCUT2D eigenvalue weighted by Gasteiger charge is 2.30. The molecule has 0 atom stereocenters. The maximum absolute atomic E-state index is 12.8. The van der Waals surface area contributed by atoms with Crippen LogP contribution in [-0.4, -0.2) is 48.1 Å². The molecule has 0 radical (unpaired) electrons. The number of likely N-dealkylation sites (N-methyl/N-ethyl adjacent to an activating group) is 1. The van der Waals surface area contributed by atoms with E-state index in [1.165, 1.54) is 6.07 Å². The molecule has 5 nitrogen and oxygen atoms in total. The average molecular weight is 337 g/mol. The van der Waals surface area contributed by atoms with Gasteiger partial charge in [-0.05, 0) is 31.3 Å². The highest BCUT2D eigenvalue weighted by molar-refractivity contribution is 5.56. The molecule has 1 fully saturated rings. The highest BCUT2D eigenvalue weighted by atomic mass is 19.4. The van der Waals surface area contributed by atoms with Gasteiger partial charge in [0.2, 0.25) is 5.95 Å². The molecule has 1 aliphatic heterocycles. The van der Waals surface area contributed by atoms with Crippen molar-refractivity contribution in [2.24, 2.45) is 0 Å². The van der Waals surface area contributed by atoms with Crippen molar-refractivity contribution in [1.82, 2.24) is 14.9 Å². The van der Waals surface area contributed by atoms with Crippen LogP contribution in [0.2, 0.25) is 0 Å². The predicted molar refractivity (Wildman–Crippen MR) is 86.5 cm³/mol. The Kier molecular flexibility index (Phi) is 4.57. The van der Waals surface area contributed by atoms with E-state index in [4.69, 9.17) is 0 Å². The first-order valence-corrected chi connectivity index (χ1v) is 7.63. The number of nitrogens with zero attached hydrogens (tertiary/aromatic N) is 4. The second-order valence-electron chi connectivity index (χ2n) is 5.73. The Labute approximate surface area is 138 Å². The molecule has 0 spiro atoms. The van der Waals surface area contributed by atoms with Gasteiger partial charge in [-0.1, -0.05) is 6.07 Å². The van der Waals surface area contributed by atoms with Crippen molar-refractivity contribution >= 4 is 17.5 Å². The third kappa shape index (κ3) is 3.94. The standard InChI is InChI=1S/C16H18F3N5/c1-23-7-9-24(10-8-23)14-5-6-20-15(22-14)21-13-4-2-3-12(11-13)16(17,18)19/h2-6,11H,7-10H2,1H3,(H,20,21,22). The maximum atomic E-state index is 12.8. The Balaban J connectivity index is 1.75. The molecule has 3 rings (SSSR count). The molecule has 1 N–H and O–H groups in total. The van der Waals surface area contributed by atoms with Crippen LogP contribution in [0.1, 0.15) is 5.56 Å². The van der Waals surface area contributed by atoms with Crippen molar-refractivity contribution in [3.05, 3.63) is 42.1 Å². The first kappa shape index (κ1) is 16.5. The summed E-state index contributed by atoms with van der Waals surface area (Å²) in [5, 5.41) is 2.85. The molecular formula is C16H18F3N5. The fourth-order valence-electron chi connectivity index (χ4n) is 2.52. The van der Waals surface area contributed by atoms with Crippen LogP contribution in [0, 0.1) is 0 Å².